The van der Waals surface area contributed by atoms with Crippen molar-refractivity contribution in [2.75, 3.05) is 6.67 Å². The number of nitrogens with zero attached hydrogens (tertiary/aromatic N) is 1. The quantitative estimate of drug-likeness (QED) is 0.463. The lowest BCUT2D eigenvalue weighted by Gasteiger charge is -2.27. The molecule has 1 aliphatic rings. The van der Waals surface area contributed by atoms with E-state index >= 15 is 0 Å². The molecule has 0 spiro atoms. The summed E-state index contributed by atoms with van der Waals surface area (Å²) < 4.78 is 31.7. The second-order valence-electron chi connectivity index (χ2n) is 5.15. The number of halogens is 2. The Morgan fingerprint density at radius 3 is 2.83 bits per heavy atom. The van der Waals surface area contributed by atoms with E-state index in [0.717, 1.165) is 0 Å². The van der Waals surface area contributed by atoms with Gasteiger partial charge in [-0.3, -0.25) is 14.3 Å². The zero-order valence-corrected chi connectivity index (χ0v) is 12.0. The van der Waals surface area contributed by atoms with Crippen molar-refractivity contribution < 1.29 is 23.7 Å². The number of H-pyrrole nitrogens is 1. The minimum atomic E-state index is -2.00. The van der Waals surface area contributed by atoms with Crippen molar-refractivity contribution in [3.8, 4) is 11.8 Å². The lowest BCUT2D eigenvalue weighted by molar-refractivity contribution is -0.0781. The summed E-state index contributed by atoms with van der Waals surface area (Å²) in [4.78, 5) is 24.7. The Labute approximate surface area is 128 Å². The molecule has 1 saturated heterocycles. The highest BCUT2D eigenvalue weighted by molar-refractivity contribution is 5.26. The maximum atomic E-state index is 13.5. The summed E-state index contributed by atoms with van der Waals surface area (Å²) in [7, 11) is 0. The van der Waals surface area contributed by atoms with Gasteiger partial charge in [-0.1, -0.05) is 11.8 Å². The molecule has 2 heterocycles. The Kier molecular flexibility index (Phi) is 4.67. The average Bonchev–Trinajstić information content (AvgIpc) is 2.74. The van der Waals surface area contributed by atoms with Gasteiger partial charge in [0.1, 0.15) is 18.9 Å². The van der Waals surface area contributed by atoms with E-state index in [9.17, 15) is 28.6 Å². The number of aliphatic hydroxyl groups is 2. The van der Waals surface area contributed by atoms with Gasteiger partial charge < -0.3 is 20.7 Å². The molecule has 0 saturated carbocycles. The first-order valence-corrected chi connectivity index (χ1v) is 6.59. The van der Waals surface area contributed by atoms with Crippen LogP contribution < -0.4 is 17.0 Å². The van der Waals surface area contributed by atoms with E-state index in [1.165, 1.54) is 6.92 Å². The number of hydrogen-bond acceptors (Lipinski definition) is 6. The van der Waals surface area contributed by atoms with Gasteiger partial charge in [0, 0.05) is 0 Å². The Balaban J connectivity index is 2.61. The number of nitrogens with one attached hydrogen (secondary N) is 1. The van der Waals surface area contributed by atoms with E-state index < -0.39 is 53.8 Å². The minimum absolute atomic E-state index is 0.543. The van der Waals surface area contributed by atoms with Gasteiger partial charge in [0.05, 0.1) is 12.3 Å². The SMILES string of the molecule is C[C@H](O)[C@H]1O[C@@H](n2cc(F)c(=O)[nH]c2=O)C(N)(C#CCF)[C@H]1O. The summed E-state index contributed by atoms with van der Waals surface area (Å²) in [5.41, 5.74) is 1.65. The van der Waals surface area contributed by atoms with Crippen LogP contribution in [0.15, 0.2) is 15.8 Å². The van der Waals surface area contributed by atoms with Gasteiger partial charge in [0.2, 0.25) is 5.82 Å². The molecule has 2 rings (SSSR count). The number of rotatable bonds is 2. The summed E-state index contributed by atoms with van der Waals surface area (Å²) in [6.07, 6.45) is -5.04. The van der Waals surface area contributed by atoms with Crippen molar-refractivity contribution in [2.24, 2.45) is 5.73 Å². The molecule has 1 aliphatic heterocycles. The van der Waals surface area contributed by atoms with Crippen LogP contribution in [0.2, 0.25) is 0 Å². The Morgan fingerprint density at radius 1 is 1.61 bits per heavy atom. The van der Waals surface area contributed by atoms with Crippen molar-refractivity contribution in [1.29, 1.82) is 0 Å². The molecule has 5 atom stereocenters. The number of hydrogen-bond donors (Lipinski definition) is 4. The fourth-order valence-electron chi connectivity index (χ4n) is 2.38. The van der Waals surface area contributed by atoms with Crippen LogP contribution in [0.5, 0.6) is 0 Å². The van der Waals surface area contributed by atoms with E-state index in [1.807, 2.05) is 5.92 Å². The predicted octanol–water partition coefficient (Wildman–Crippen LogP) is -2.01. The smallest absolute Gasteiger partial charge is 0.330 e. The maximum absolute atomic E-state index is 13.5. The lowest BCUT2D eigenvalue weighted by Crippen LogP contribution is -2.55. The van der Waals surface area contributed by atoms with Crippen molar-refractivity contribution >= 4 is 0 Å². The second-order valence-corrected chi connectivity index (χ2v) is 5.15. The van der Waals surface area contributed by atoms with E-state index in [1.54, 1.807) is 4.98 Å². The number of aromatic amines is 1. The van der Waals surface area contributed by atoms with Crippen molar-refractivity contribution in [3.63, 3.8) is 0 Å². The fraction of sp³-hybridized carbons (Fsp3) is 0.538. The number of aliphatic hydroxyl groups excluding tert-OH is 2. The number of alkyl halides is 1. The second kappa shape index (κ2) is 6.21. The Hall–Kier alpha value is -2.06. The molecule has 1 aromatic heterocycles. The van der Waals surface area contributed by atoms with Gasteiger partial charge in [-0.15, -0.1) is 0 Å². The molecular weight excluding hydrogens is 316 g/mol. The number of aromatic nitrogens is 2. The van der Waals surface area contributed by atoms with Crippen LogP contribution in [0.25, 0.3) is 0 Å². The molecule has 1 unspecified atom stereocenters. The molecule has 0 aromatic carbocycles. The fourth-order valence-corrected chi connectivity index (χ4v) is 2.38. The summed E-state index contributed by atoms with van der Waals surface area (Å²) in [6, 6.07) is 0. The molecule has 8 nitrogen and oxygen atoms in total. The third kappa shape index (κ3) is 2.91. The molecular formula is C13H15F2N3O5. The first kappa shape index (κ1) is 17.3. The van der Waals surface area contributed by atoms with Gasteiger partial charge in [-0.05, 0) is 6.92 Å². The van der Waals surface area contributed by atoms with Crippen LogP contribution in [-0.4, -0.2) is 50.3 Å². The zero-order chi connectivity index (χ0) is 17.4. The summed E-state index contributed by atoms with van der Waals surface area (Å²) in [5.74, 6) is 2.98. The molecule has 0 aliphatic carbocycles. The molecule has 0 radical (unpaired) electrons. The highest BCUT2D eigenvalue weighted by Gasteiger charge is 2.55. The van der Waals surface area contributed by atoms with Crippen molar-refractivity contribution in [1.82, 2.24) is 9.55 Å². The summed E-state index contributed by atoms with van der Waals surface area (Å²) in [5, 5.41) is 19.9. The predicted molar refractivity (Wildman–Crippen MR) is 73.5 cm³/mol. The van der Waals surface area contributed by atoms with Gasteiger partial charge >= 0.3 is 5.69 Å². The lowest BCUT2D eigenvalue weighted by atomic mass is 9.90. The van der Waals surface area contributed by atoms with Gasteiger partial charge in [0.25, 0.3) is 5.56 Å². The van der Waals surface area contributed by atoms with Crippen LogP contribution in [0.4, 0.5) is 8.78 Å². The molecule has 0 amide bonds. The molecule has 5 N–H and O–H groups in total. The minimum Gasteiger partial charge on any atom is -0.391 e. The highest BCUT2D eigenvalue weighted by Crippen LogP contribution is 2.36. The van der Waals surface area contributed by atoms with E-state index in [-0.39, 0.29) is 0 Å². The van der Waals surface area contributed by atoms with Crippen LogP contribution in [0.1, 0.15) is 13.2 Å². The standard InChI is InChI=1S/C13H15F2N3O5/c1-6(19)8-9(20)13(16,3-2-4-14)11(23-8)18-5-7(15)10(21)17-12(18)22/h5-6,8-9,11,19-20H,4,16H2,1H3,(H,17,21,22)/t6-,8+,9-,11+,13?/m0/s1. The average molecular weight is 331 g/mol. The molecule has 126 valence electrons. The van der Waals surface area contributed by atoms with Crippen molar-refractivity contribution in [3.05, 3.63) is 32.9 Å². The molecule has 23 heavy (non-hydrogen) atoms. The number of nitrogens with two attached hydrogens (primary N) is 1. The molecule has 1 aromatic rings. The third-order valence-electron chi connectivity index (χ3n) is 3.52. The summed E-state index contributed by atoms with van der Waals surface area (Å²) >= 11 is 0. The van der Waals surface area contributed by atoms with Crippen molar-refractivity contribution in [2.45, 2.75) is 37.0 Å². The monoisotopic (exact) mass is 331 g/mol. The normalized spacial score (nSPS) is 31.5. The van der Waals surface area contributed by atoms with Crippen LogP contribution in [0, 0.1) is 17.7 Å². The largest absolute Gasteiger partial charge is 0.391 e. The van der Waals surface area contributed by atoms with E-state index in [0.29, 0.717) is 10.8 Å². The third-order valence-corrected chi connectivity index (χ3v) is 3.52. The van der Waals surface area contributed by atoms with Crippen LogP contribution in [-0.2, 0) is 4.74 Å². The maximum Gasteiger partial charge on any atom is 0.330 e. The molecule has 1 fully saturated rings. The Bertz CT molecular complexity index is 765. The highest BCUT2D eigenvalue weighted by atomic mass is 19.1. The summed E-state index contributed by atoms with van der Waals surface area (Å²) in [6.45, 7) is 0.224. The Morgan fingerprint density at radius 2 is 2.26 bits per heavy atom. The number of ether oxygens (including phenoxy) is 1. The topological polar surface area (TPSA) is 131 Å². The van der Waals surface area contributed by atoms with Gasteiger partial charge in [-0.2, -0.15) is 4.39 Å². The van der Waals surface area contributed by atoms with Crippen LogP contribution >= 0.6 is 0 Å². The van der Waals surface area contributed by atoms with Gasteiger partial charge in [-0.25, -0.2) is 9.18 Å². The van der Waals surface area contributed by atoms with E-state index in [4.69, 9.17) is 10.5 Å². The van der Waals surface area contributed by atoms with Crippen LogP contribution in [0.3, 0.4) is 0 Å². The molecule has 10 heteroatoms. The first-order chi connectivity index (χ1) is 10.7. The van der Waals surface area contributed by atoms with E-state index in [2.05, 4.69) is 5.92 Å². The zero-order valence-electron chi connectivity index (χ0n) is 12.0. The molecule has 0 bridgehead atoms. The first-order valence-electron chi connectivity index (χ1n) is 6.59. The van der Waals surface area contributed by atoms with Gasteiger partial charge in [0.15, 0.2) is 11.8 Å².